The van der Waals surface area contributed by atoms with Gasteiger partial charge in [0.2, 0.25) is 5.91 Å². The number of rotatable bonds is 6. The van der Waals surface area contributed by atoms with Crippen molar-refractivity contribution in [3.63, 3.8) is 0 Å². The number of fused-ring (bicyclic) bond motifs is 1. The zero-order valence-electron chi connectivity index (χ0n) is 14.5. The minimum Gasteiger partial charge on any atom is -0.376 e. The van der Waals surface area contributed by atoms with Crippen LogP contribution in [0.5, 0.6) is 0 Å². The highest BCUT2D eigenvalue weighted by Gasteiger charge is 2.16. The normalized spacial score (nSPS) is 16.7. The molecule has 9 heteroatoms. The molecule has 1 fully saturated rings. The van der Waals surface area contributed by atoms with E-state index in [1.54, 1.807) is 16.6 Å². The van der Waals surface area contributed by atoms with Crippen molar-refractivity contribution in [2.24, 2.45) is 0 Å². The number of carbonyl (C=O) groups excluding carboxylic acids is 1. The van der Waals surface area contributed by atoms with Crippen LogP contribution in [0.1, 0.15) is 12.8 Å². The highest BCUT2D eigenvalue weighted by atomic mass is 35.5. The topological polar surface area (TPSA) is 81.4 Å². The first-order chi connectivity index (χ1) is 13.2. The van der Waals surface area contributed by atoms with Gasteiger partial charge in [-0.2, -0.15) is 9.61 Å². The van der Waals surface area contributed by atoms with Gasteiger partial charge in [0.05, 0.1) is 11.9 Å². The summed E-state index contributed by atoms with van der Waals surface area (Å²) in [5.41, 5.74) is 1.52. The molecule has 3 heterocycles. The van der Waals surface area contributed by atoms with E-state index < -0.39 is 0 Å². The maximum absolute atomic E-state index is 12.0. The first-order valence-electron chi connectivity index (χ1n) is 8.68. The van der Waals surface area contributed by atoms with E-state index in [0.29, 0.717) is 28.8 Å². The van der Waals surface area contributed by atoms with Crippen LogP contribution < -0.4 is 5.32 Å². The summed E-state index contributed by atoms with van der Waals surface area (Å²) in [6, 6.07) is 11.0. The molecule has 1 aliphatic heterocycles. The number of hydrogen-bond acceptors (Lipinski definition) is 6. The summed E-state index contributed by atoms with van der Waals surface area (Å²) in [4.78, 5) is 12.0. The molecular formula is C18H18ClN5O2S. The molecule has 0 spiro atoms. The van der Waals surface area contributed by atoms with E-state index in [-0.39, 0.29) is 12.0 Å². The molecule has 0 unspecified atom stereocenters. The molecule has 0 saturated carbocycles. The Balaban J connectivity index is 1.42. The quantitative estimate of drug-likeness (QED) is 0.637. The summed E-state index contributed by atoms with van der Waals surface area (Å²) in [5, 5.41) is 17.2. The number of amides is 1. The monoisotopic (exact) mass is 403 g/mol. The summed E-state index contributed by atoms with van der Waals surface area (Å²) >= 11 is 7.32. The fourth-order valence-corrected chi connectivity index (χ4v) is 3.66. The summed E-state index contributed by atoms with van der Waals surface area (Å²) in [6.45, 7) is 1.35. The molecule has 1 amide bonds. The Morgan fingerprint density at radius 2 is 2.11 bits per heavy atom. The van der Waals surface area contributed by atoms with Gasteiger partial charge in [-0.25, -0.2) is 0 Å². The van der Waals surface area contributed by atoms with E-state index in [9.17, 15) is 4.79 Å². The van der Waals surface area contributed by atoms with Gasteiger partial charge in [0.1, 0.15) is 5.03 Å². The maximum atomic E-state index is 12.0. The van der Waals surface area contributed by atoms with Crippen molar-refractivity contribution < 1.29 is 9.53 Å². The predicted molar refractivity (Wildman–Crippen MR) is 104 cm³/mol. The van der Waals surface area contributed by atoms with Crippen LogP contribution in [-0.4, -0.2) is 50.7 Å². The van der Waals surface area contributed by atoms with Crippen LogP contribution >= 0.6 is 23.4 Å². The number of nitrogens with zero attached hydrogens (tertiary/aromatic N) is 4. The number of benzene rings is 1. The fourth-order valence-electron chi connectivity index (χ4n) is 2.85. The summed E-state index contributed by atoms with van der Waals surface area (Å²) in [5.74, 6) is 0.898. The Morgan fingerprint density at radius 3 is 2.89 bits per heavy atom. The van der Waals surface area contributed by atoms with E-state index in [1.807, 2.05) is 24.3 Å². The summed E-state index contributed by atoms with van der Waals surface area (Å²) in [6.07, 6.45) is 2.22. The van der Waals surface area contributed by atoms with Crippen LogP contribution in [0.3, 0.4) is 0 Å². The standard InChI is InChI=1S/C18H18ClN5O2S/c19-13-5-3-12(4-6-13)18-22-21-15-7-8-17(23-24(15)18)27-11-16(25)20-10-14-2-1-9-26-14/h3-8,14H,1-2,9-11H2,(H,20,25)/t14-/m1/s1. The van der Waals surface area contributed by atoms with E-state index in [2.05, 4.69) is 20.6 Å². The van der Waals surface area contributed by atoms with E-state index in [0.717, 1.165) is 30.0 Å². The Kier molecular flexibility index (Phi) is 5.56. The Labute approximate surface area is 165 Å². The van der Waals surface area contributed by atoms with Crippen LogP contribution in [0.25, 0.3) is 17.0 Å². The van der Waals surface area contributed by atoms with Crippen molar-refractivity contribution in [1.29, 1.82) is 0 Å². The maximum Gasteiger partial charge on any atom is 0.230 e. The molecule has 1 N–H and O–H groups in total. The van der Waals surface area contributed by atoms with Crippen molar-refractivity contribution in [1.82, 2.24) is 25.1 Å². The van der Waals surface area contributed by atoms with Gasteiger partial charge < -0.3 is 10.1 Å². The van der Waals surface area contributed by atoms with E-state index >= 15 is 0 Å². The number of hydrogen-bond donors (Lipinski definition) is 1. The first-order valence-corrected chi connectivity index (χ1v) is 10.0. The van der Waals surface area contributed by atoms with Gasteiger partial charge in [0.25, 0.3) is 0 Å². The Morgan fingerprint density at radius 1 is 1.26 bits per heavy atom. The fraction of sp³-hybridized carbons (Fsp3) is 0.333. The number of halogens is 1. The van der Waals surface area contributed by atoms with E-state index in [4.69, 9.17) is 16.3 Å². The molecule has 0 bridgehead atoms. The van der Waals surface area contributed by atoms with Crippen LogP contribution in [0, 0.1) is 0 Å². The number of aromatic nitrogens is 4. The van der Waals surface area contributed by atoms with Crippen molar-refractivity contribution in [3.05, 3.63) is 41.4 Å². The average Bonchev–Trinajstić information content (AvgIpc) is 3.35. The lowest BCUT2D eigenvalue weighted by atomic mass is 10.2. The third kappa shape index (κ3) is 4.40. The molecule has 1 saturated heterocycles. The third-order valence-electron chi connectivity index (χ3n) is 4.24. The van der Waals surface area contributed by atoms with Crippen LogP contribution in [0.2, 0.25) is 5.02 Å². The van der Waals surface area contributed by atoms with E-state index in [1.165, 1.54) is 11.8 Å². The zero-order chi connectivity index (χ0) is 18.6. The first kappa shape index (κ1) is 18.2. The number of thioether (sulfide) groups is 1. The number of nitrogens with one attached hydrogen (secondary N) is 1. The molecule has 3 aromatic rings. The molecule has 27 heavy (non-hydrogen) atoms. The minimum atomic E-state index is -0.0286. The smallest absolute Gasteiger partial charge is 0.230 e. The van der Waals surface area contributed by atoms with Crippen LogP contribution in [0.4, 0.5) is 0 Å². The second-order valence-corrected chi connectivity index (χ2v) is 7.63. The molecule has 1 aromatic carbocycles. The third-order valence-corrected chi connectivity index (χ3v) is 5.41. The Bertz CT molecular complexity index is 941. The van der Waals surface area contributed by atoms with Gasteiger partial charge in [0, 0.05) is 23.7 Å². The molecule has 0 radical (unpaired) electrons. The van der Waals surface area contributed by atoms with Gasteiger partial charge in [0.15, 0.2) is 11.5 Å². The molecule has 1 aliphatic rings. The largest absolute Gasteiger partial charge is 0.376 e. The average molecular weight is 404 g/mol. The lowest BCUT2D eigenvalue weighted by molar-refractivity contribution is -0.119. The summed E-state index contributed by atoms with van der Waals surface area (Å²) < 4.78 is 7.19. The molecule has 7 nitrogen and oxygen atoms in total. The van der Waals surface area contributed by atoms with Crippen molar-refractivity contribution in [2.45, 2.75) is 24.0 Å². The Hall–Kier alpha value is -2.16. The lowest BCUT2D eigenvalue weighted by Gasteiger charge is -2.10. The predicted octanol–water partition coefficient (Wildman–Crippen LogP) is 2.83. The molecule has 0 aliphatic carbocycles. The minimum absolute atomic E-state index is 0.0286. The van der Waals surface area contributed by atoms with Crippen LogP contribution in [-0.2, 0) is 9.53 Å². The molecule has 2 aromatic heterocycles. The molecule has 4 rings (SSSR count). The summed E-state index contributed by atoms with van der Waals surface area (Å²) in [7, 11) is 0. The number of ether oxygens (including phenoxy) is 1. The van der Waals surface area contributed by atoms with Gasteiger partial charge in [-0.15, -0.1) is 10.2 Å². The SMILES string of the molecule is O=C(CSc1ccc2nnc(-c3ccc(Cl)cc3)n2n1)NC[C@H]1CCCO1. The molecule has 1 atom stereocenters. The zero-order valence-corrected chi connectivity index (χ0v) is 16.0. The van der Waals surface area contributed by atoms with Crippen molar-refractivity contribution >= 4 is 34.9 Å². The molecular weight excluding hydrogens is 386 g/mol. The van der Waals surface area contributed by atoms with Crippen molar-refractivity contribution in [3.8, 4) is 11.4 Å². The van der Waals surface area contributed by atoms with Gasteiger partial charge in [-0.1, -0.05) is 23.4 Å². The highest BCUT2D eigenvalue weighted by Crippen LogP contribution is 2.22. The van der Waals surface area contributed by atoms with Crippen LogP contribution in [0.15, 0.2) is 41.4 Å². The highest BCUT2D eigenvalue weighted by molar-refractivity contribution is 7.99. The van der Waals surface area contributed by atoms with Crippen molar-refractivity contribution in [2.75, 3.05) is 18.9 Å². The second-order valence-electron chi connectivity index (χ2n) is 6.20. The molecule has 140 valence electrons. The second kappa shape index (κ2) is 8.24. The lowest BCUT2D eigenvalue weighted by Crippen LogP contribution is -2.32. The van der Waals surface area contributed by atoms with Gasteiger partial charge >= 0.3 is 0 Å². The van der Waals surface area contributed by atoms with Gasteiger partial charge in [-0.05, 0) is 49.2 Å². The number of carbonyl (C=O) groups is 1. The van der Waals surface area contributed by atoms with Gasteiger partial charge in [-0.3, -0.25) is 4.79 Å².